The van der Waals surface area contributed by atoms with Gasteiger partial charge in [-0.2, -0.15) is 5.10 Å². The number of carbonyl (C=O) groups excluding carboxylic acids is 1. The summed E-state index contributed by atoms with van der Waals surface area (Å²) in [6, 6.07) is 9.23. The van der Waals surface area contributed by atoms with Gasteiger partial charge in [0, 0.05) is 27.7 Å². The fourth-order valence-corrected chi connectivity index (χ4v) is 4.24. The summed E-state index contributed by atoms with van der Waals surface area (Å²) in [6.45, 7) is 0. The molecule has 0 unspecified atom stereocenters. The predicted octanol–water partition coefficient (Wildman–Crippen LogP) is 5.13. The van der Waals surface area contributed by atoms with E-state index >= 15 is 0 Å². The molecule has 27 heavy (non-hydrogen) atoms. The molecule has 136 valence electrons. The van der Waals surface area contributed by atoms with Crippen molar-refractivity contribution in [2.24, 2.45) is 5.92 Å². The number of rotatable bonds is 4. The van der Waals surface area contributed by atoms with Crippen LogP contribution >= 0.6 is 34.5 Å². The summed E-state index contributed by atoms with van der Waals surface area (Å²) < 4.78 is 2.79. The number of nitrogens with zero attached hydrogens (tertiary/aromatic N) is 3. The Labute approximate surface area is 168 Å². The van der Waals surface area contributed by atoms with Gasteiger partial charge in [0.05, 0.1) is 5.69 Å². The topological polar surface area (TPSA) is 75.6 Å². The van der Waals surface area contributed by atoms with Gasteiger partial charge in [-0.25, -0.2) is 4.98 Å². The van der Waals surface area contributed by atoms with Crippen LogP contribution in [0.3, 0.4) is 0 Å². The standard InChI is InChI=1S/C18H13Cl2N5OS/c19-10-5-6-12(20)11(8-10)13-2-1-7-25(13)16-14-15(23-24-16)21-18(27-14)22-17(26)9-3-4-9/h1-2,5-9H,3-4H2,(H2,21,22,23,24,26). The van der Waals surface area contributed by atoms with Crippen molar-refractivity contribution >= 4 is 55.9 Å². The predicted molar refractivity (Wildman–Crippen MR) is 108 cm³/mol. The molecule has 1 amide bonds. The summed E-state index contributed by atoms with van der Waals surface area (Å²) in [4.78, 5) is 16.4. The first-order valence-corrected chi connectivity index (χ1v) is 9.96. The van der Waals surface area contributed by atoms with Crippen LogP contribution in [0.15, 0.2) is 36.5 Å². The monoisotopic (exact) mass is 417 g/mol. The number of fused-ring (bicyclic) bond motifs is 1. The van der Waals surface area contributed by atoms with Gasteiger partial charge in [-0.3, -0.25) is 14.5 Å². The maximum absolute atomic E-state index is 12.0. The van der Waals surface area contributed by atoms with Crippen molar-refractivity contribution in [3.63, 3.8) is 0 Å². The second-order valence-electron chi connectivity index (χ2n) is 6.40. The van der Waals surface area contributed by atoms with Crippen molar-refractivity contribution in [1.29, 1.82) is 0 Å². The zero-order chi connectivity index (χ0) is 18.5. The van der Waals surface area contributed by atoms with Crippen LogP contribution < -0.4 is 5.32 Å². The molecule has 4 aromatic rings. The third-order valence-corrected chi connectivity index (χ3v) is 5.99. The van der Waals surface area contributed by atoms with Gasteiger partial charge in [-0.05, 0) is 43.2 Å². The third kappa shape index (κ3) is 3.01. The van der Waals surface area contributed by atoms with E-state index in [1.165, 1.54) is 11.3 Å². The van der Waals surface area contributed by atoms with E-state index in [9.17, 15) is 4.79 Å². The number of halogens is 2. The molecule has 0 bridgehead atoms. The third-order valence-electron chi connectivity index (χ3n) is 4.46. The SMILES string of the molecule is O=C(Nc1nc2[nH]nc(-n3cccc3-c3cc(Cl)ccc3Cl)c2s1)C1CC1. The Morgan fingerprint density at radius 1 is 1.30 bits per heavy atom. The number of amides is 1. The molecule has 0 saturated heterocycles. The average molecular weight is 418 g/mol. The van der Waals surface area contributed by atoms with E-state index < -0.39 is 0 Å². The zero-order valence-electron chi connectivity index (χ0n) is 13.9. The molecule has 2 N–H and O–H groups in total. The molecule has 1 saturated carbocycles. The summed E-state index contributed by atoms with van der Waals surface area (Å²) in [7, 11) is 0. The van der Waals surface area contributed by atoms with Crippen LogP contribution in [-0.2, 0) is 4.79 Å². The number of carbonyl (C=O) groups is 1. The van der Waals surface area contributed by atoms with Crippen molar-refractivity contribution in [2.45, 2.75) is 12.8 Å². The summed E-state index contributed by atoms with van der Waals surface area (Å²) in [6.07, 6.45) is 3.81. The molecule has 0 spiro atoms. The van der Waals surface area contributed by atoms with E-state index in [0.717, 1.165) is 28.8 Å². The van der Waals surface area contributed by atoms with Gasteiger partial charge < -0.3 is 5.32 Å². The van der Waals surface area contributed by atoms with E-state index in [1.54, 1.807) is 12.1 Å². The van der Waals surface area contributed by atoms with E-state index in [4.69, 9.17) is 23.2 Å². The molecule has 9 heteroatoms. The molecule has 0 radical (unpaired) electrons. The molecule has 0 atom stereocenters. The lowest BCUT2D eigenvalue weighted by Gasteiger charge is -2.09. The molecule has 1 aromatic carbocycles. The first kappa shape index (κ1) is 16.8. The molecular formula is C18H13Cl2N5OS. The maximum Gasteiger partial charge on any atom is 0.229 e. The van der Waals surface area contributed by atoms with Crippen molar-refractivity contribution < 1.29 is 4.79 Å². The average Bonchev–Trinajstić information content (AvgIpc) is 3.08. The largest absolute Gasteiger partial charge is 0.302 e. The Kier molecular flexibility index (Phi) is 3.96. The fourth-order valence-electron chi connectivity index (χ4n) is 2.95. The van der Waals surface area contributed by atoms with E-state index in [2.05, 4.69) is 20.5 Å². The lowest BCUT2D eigenvalue weighted by Crippen LogP contribution is -2.12. The van der Waals surface area contributed by atoms with Crippen molar-refractivity contribution in [1.82, 2.24) is 19.7 Å². The van der Waals surface area contributed by atoms with Gasteiger partial charge in [-0.15, -0.1) is 0 Å². The Hall–Kier alpha value is -2.35. The van der Waals surface area contributed by atoms with Crippen molar-refractivity contribution in [3.8, 4) is 17.1 Å². The number of benzene rings is 1. The summed E-state index contributed by atoms with van der Waals surface area (Å²) in [5.41, 5.74) is 2.32. The van der Waals surface area contributed by atoms with Crippen molar-refractivity contribution in [2.75, 3.05) is 5.32 Å². The molecule has 5 rings (SSSR count). The van der Waals surface area contributed by atoms with Gasteiger partial charge in [0.15, 0.2) is 16.6 Å². The number of anilines is 1. The molecule has 1 fully saturated rings. The molecule has 1 aliphatic carbocycles. The van der Waals surface area contributed by atoms with Crippen LogP contribution in [-0.4, -0.2) is 25.7 Å². The van der Waals surface area contributed by atoms with Crippen LogP contribution in [0, 0.1) is 5.92 Å². The quantitative estimate of drug-likeness (QED) is 0.482. The van der Waals surface area contributed by atoms with E-state index in [0.29, 0.717) is 26.6 Å². The highest BCUT2D eigenvalue weighted by Crippen LogP contribution is 2.36. The Balaban J connectivity index is 1.56. The number of aromatic amines is 1. The number of H-pyrrole nitrogens is 1. The zero-order valence-corrected chi connectivity index (χ0v) is 16.2. The number of aromatic nitrogens is 4. The normalized spacial score (nSPS) is 14.0. The summed E-state index contributed by atoms with van der Waals surface area (Å²) in [5.74, 6) is 0.865. The maximum atomic E-state index is 12.0. The van der Waals surface area contributed by atoms with Gasteiger partial charge in [-0.1, -0.05) is 34.5 Å². The highest BCUT2D eigenvalue weighted by molar-refractivity contribution is 7.22. The van der Waals surface area contributed by atoms with Crippen LogP contribution in [0.25, 0.3) is 27.4 Å². The fraction of sp³-hybridized carbons (Fsp3) is 0.167. The highest BCUT2D eigenvalue weighted by atomic mass is 35.5. The van der Waals surface area contributed by atoms with Crippen molar-refractivity contribution in [3.05, 3.63) is 46.6 Å². The smallest absolute Gasteiger partial charge is 0.229 e. The molecule has 0 aliphatic heterocycles. The minimum Gasteiger partial charge on any atom is -0.302 e. The number of hydrogen-bond acceptors (Lipinski definition) is 4. The van der Waals surface area contributed by atoms with Crippen LogP contribution in [0.1, 0.15) is 12.8 Å². The molecule has 6 nitrogen and oxygen atoms in total. The molecule has 1 aliphatic rings. The number of hydrogen-bond donors (Lipinski definition) is 2. The van der Waals surface area contributed by atoms with Gasteiger partial charge in [0.25, 0.3) is 0 Å². The Morgan fingerprint density at radius 3 is 2.96 bits per heavy atom. The van der Waals surface area contributed by atoms with Crippen LogP contribution in [0.4, 0.5) is 5.13 Å². The molecule has 3 aromatic heterocycles. The second kappa shape index (κ2) is 6.37. The summed E-state index contributed by atoms with van der Waals surface area (Å²) in [5, 5.41) is 12.0. The van der Waals surface area contributed by atoms with Crippen LogP contribution in [0.2, 0.25) is 10.0 Å². The first-order valence-electron chi connectivity index (χ1n) is 8.39. The first-order chi connectivity index (χ1) is 13.1. The number of thiazole rings is 1. The lowest BCUT2D eigenvalue weighted by atomic mass is 10.1. The van der Waals surface area contributed by atoms with Gasteiger partial charge in [0.2, 0.25) is 5.91 Å². The highest BCUT2D eigenvalue weighted by Gasteiger charge is 2.30. The van der Waals surface area contributed by atoms with E-state index in [-0.39, 0.29) is 11.8 Å². The number of nitrogens with one attached hydrogen (secondary N) is 2. The molecule has 3 heterocycles. The van der Waals surface area contributed by atoms with E-state index in [1.807, 2.05) is 29.0 Å². The van der Waals surface area contributed by atoms with Gasteiger partial charge >= 0.3 is 0 Å². The minimum atomic E-state index is 0.0354. The van der Waals surface area contributed by atoms with Gasteiger partial charge in [0.1, 0.15) is 4.70 Å². The summed E-state index contributed by atoms with van der Waals surface area (Å²) >= 11 is 13.9. The molecular weight excluding hydrogens is 405 g/mol. The second-order valence-corrected chi connectivity index (χ2v) is 8.24. The minimum absolute atomic E-state index is 0.0354. The lowest BCUT2D eigenvalue weighted by molar-refractivity contribution is -0.117. The Bertz CT molecular complexity index is 1170. The van der Waals surface area contributed by atoms with Crippen LogP contribution in [0.5, 0.6) is 0 Å². The Morgan fingerprint density at radius 2 is 2.15 bits per heavy atom.